The van der Waals surface area contributed by atoms with Crippen LogP contribution >= 0.6 is 0 Å². The van der Waals surface area contributed by atoms with Gasteiger partial charge in [0.25, 0.3) is 10.1 Å². The van der Waals surface area contributed by atoms with Gasteiger partial charge in [0, 0.05) is 52.8 Å². The minimum Gasteiger partial charge on any atom is -0.382 e. The third-order valence-corrected chi connectivity index (χ3v) is 8.59. The first kappa shape index (κ1) is 44.4. The van der Waals surface area contributed by atoms with Crippen LogP contribution in [-0.2, 0) is 46.2 Å². The van der Waals surface area contributed by atoms with Crippen molar-refractivity contribution in [2.45, 2.75) is 90.0 Å². The molecule has 0 unspecified atom stereocenters. The van der Waals surface area contributed by atoms with Crippen molar-refractivity contribution >= 4 is 10.1 Å². The Hall–Kier alpha value is -2.63. The smallest absolute Gasteiger partial charge is 0.297 e. The molecule has 0 aliphatic carbocycles. The van der Waals surface area contributed by atoms with Gasteiger partial charge in [-0.2, -0.15) is 8.42 Å². The van der Waals surface area contributed by atoms with Crippen LogP contribution in [0, 0.1) is 6.92 Å². The average molecular weight is 702 g/mol. The van der Waals surface area contributed by atoms with E-state index in [0.29, 0.717) is 13.2 Å². The van der Waals surface area contributed by atoms with E-state index < -0.39 is 10.1 Å². The van der Waals surface area contributed by atoms with E-state index in [9.17, 15) is 8.42 Å². The van der Waals surface area contributed by atoms with Crippen LogP contribution in [-0.4, -0.2) is 67.9 Å². The first-order valence-corrected chi connectivity index (χ1v) is 19.4. The zero-order valence-corrected chi connectivity index (χ0v) is 31.2. The maximum absolute atomic E-state index is 11.9. The maximum atomic E-state index is 11.9. The van der Waals surface area contributed by atoms with Gasteiger partial charge in [-0.05, 0) is 102 Å². The molecule has 3 rings (SSSR count). The van der Waals surface area contributed by atoms with Gasteiger partial charge in [0.1, 0.15) is 0 Å². The summed E-state index contributed by atoms with van der Waals surface area (Å²) in [6, 6.07) is 27.2. The van der Waals surface area contributed by atoms with Gasteiger partial charge in [0.15, 0.2) is 0 Å². The molecule has 0 aromatic heterocycles. The molecule has 0 saturated heterocycles. The quantitative estimate of drug-likeness (QED) is 0.0695. The van der Waals surface area contributed by atoms with Crippen LogP contribution in [0.2, 0.25) is 0 Å². The van der Waals surface area contributed by atoms with Crippen molar-refractivity contribution in [3.05, 3.63) is 102 Å². The summed E-state index contributed by atoms with van der Waals surface area (Å²) in [5.74, 6) is 0. The molecular weight excluding hydrogens is 639 g/mol. The lowest BCUT2D eigenvalue weighted by molar-refractivity contribution is 0.0953. The molecule has 2 N–H and O–H groups in total. The molecule has 0 aliphatic heterocycles. The molecule has 9 heteroatoms. The Morgan fingerprint density at radius 2 is 0.959 bits per heavy atom. The standard InChI is InChI=1S/C17H28O2.C16H26O5S.C7H9N/c1-2-18-14-8-4-9-15-19-16-10-7-13-17-11-5-3-6-12-17;1-3-19-11-5-4-6-12-20-13-14-21-22(17,18)16-9-7-15(2)8-10-16;8-6-7-4-2-1-3-5-7/h3,5-6,11-12H,2,4,7-10,13-16H2,1H3;7-10H,3-6,11-14H2,1-2H3;1-5H,6,8H2. The molecule has 0 saturated carbocycles. The second-order valence-electron chi connectivity index (χ2n) is 11.5. The summed E-state index contributed by atoms with van der Waals surface area (Å²) in [4.78, 5) is 0.175. The molecule has 0 radical (unpaired) electrons. The molecule has 0 aliphatic rings. The monoisotopic (exact) mass is 701 g/mol. The highest BCUT2D eigenvalue weighted by Gasteiger charge is 2.14. The van der Waals surface area contributed by atoms with E-state index in [2.05, 4.69) is 30.3 Å². The predicted molar refractivity (Wildman–Crippen MR) is 200 cm³/mol. The fraction of sp³-hybridized carbons (Fsp3) is 0.550. The fourth-order valence-corrected chi connectivity index (χ4v) is 5.32. The van der Waals surface area contributed by atoms with Crippen molar-refractivity contribution in [2.24, 2.45) is 5.73 Å². The predicted octanol–water partition coefficient (Wildman–Crippen LogP) is 8.30. The van der Waals surface area contributed by atoms with Gasteiger partial charge in [-0.25, -0.2) is 0 Å². The first-order valence-electron chi connectivity index (χ1n) is 18.0. The molecular formula is C40H63NO7S. The van der Waals surface area contributed by atoms with Crippen LogP contribution in [0.15, 0.2) is 89.8 Å². The second kappa shape index (κ2) is 31.4. The van der Waals surface area contributed by atoms with E-state index in [0.717, 1.165) is 83.7 Å². The van der Waals surface area contributed by atoms with Gasteiger partial charge in [0.05, 0.1) is 18.1 Å². The Bertz CT molecular complexity index is 1230. The van der Waals surface area contributed by atoms with Crippen molar-refractivity contribution in [2.75, 3.05) is 59.5 Å². The van der Waals surface area contributed by atoms with Gasteiger partial charge in [-0.1, -0.05) is 78.4 Å². The molecule has 276 valence electrons. The first-order chi connectivity index (χ1) is 23.9. The normalized spacial score (nSPS) is 10.9. The van der Waals surface area contributed by atoms with Gasteiger partial charge in [-0.3, -0.25) is 4.18 Å². The SMILES string of the molecule is CCOCCCCCOCCCCc1ccccc1.CCOCCCCCOCCOS(=O)(=O)c1ccc(C)cc1.NCc1ccccc1. The Kier molecular flexibility index (Phi) is 28.4. The van der Waals surface area contributed by atoms with Crippen molar-refractivity contribution < 1.29 is 31.5 Å². The molecule has 0 bridgehead atoms. The van der Waals surface area contributed by atoms with E-state index in [1.54, 1.807) is 24.3 Å². The molecule has 3 aromatic rings. The topological polar surface area (TPSA) is 106 Å². The Morgan fingerprint density at radius 3 is 1.43 bits per heavy atom. The molecule has 0 spiro atoms. The minimum atomic E-state index is -3.68. The van der Waals surface area contributed by atoms with E-state index in [-0.39, 0.29) is 18.1 Å². The molecule has 0 atom stereocenters. The van der Waals surface area contributed by atoms with Crippen molar-refractivity contribution in [3.63, 3.8) is 0 Å². The highest BCUT2D eigenvalue weighted by Crippen LogP contribution is 2.13. The van der Waals surface area contributed by atoms with Crippen LogP contribution in [0.4, 0.5) is 0 Å². The summed E-state index contributed by atoms with van der Waals surface area (Å²) >= 11 is 0. The van der Waals surface area contributed by atoms with E-state index in [1.807, 2.05) is 51.1 Å². The van der Waals surface area contributed by atoms with Crippen LogP contribution in [0.3, 0.4) is 0 Å². The number of nitrogens with two attached hydrogens (primary N) is 1. The number of benzene rings is 3. The molecule has 3 aromatic carbocycles. The van der Waals surface area contributed by atoms with Crippen molar-refractivity contribution in [1.29, 1.82) is 0 Å². The number of unbranched alkanes of at least 4 members (excludes halogenated alkanes) is 5. The summed E-state index contributed by atoms with van der Waals surface area (Å²) in [6.45, 7) is 12.6. The lowest BCUT2D eigenvalue weighted by Crippen LogP contribution is -2.12. The lowest BCUT2D eigenvalue weighted by atomic mass is 10.1. The summed E-state index contributed by atoms with van der Waals surface area (Å²) in [7, 11) is -3.68. The lowest BCUT2D eigenvalue weighted by Gasteiger charge is -2.07. The second-order valence-corrected chi connectivity index (χ2v) is 13.1. The molecule has 8 nitrogen and oxygen atoms in total. The number of ether oxygens (including phenoxy) is 4. The van der Waals surface area contributed by atoms with Gasteiger partial charge >= 0.3 is 0 Å². The third-order valence-electron chi connectivity index (χ3n) is 7.26. The third kappa shape index (κ3) is 25.9. The van der Waals surface area contributed by atoms with E-state index in [1.165, 1.54) is 30.4 Å². The van der Waals surface area contributed by atoms with Crippen LogP contribution in [0.5, 0.6) is 0 Å². The van der Waals surface area contributed by atoms with Gasteiger partial charge < -0.3 is 24.7 Å². The summed E-state index contributed by atoms with van der Waals surface area (Å²) in [5, 5.41) is 0. The van der Waals surface area contributed by atoms with E-state index >= 15 is 0 Å². The maximum Gasteiger partial charge on any atom is 0.297 e. The highest BCUT2D eigenvalue weighted by molar-refractivity contribution is 7.86. The number of hydrogen-bond acceptors (Lipinski definition) is 8. The minimum absolute atomic E-state index is 0.0369. The van der Waals surface area contributed by atoms with Crippen LogP contribution in [0.25, 0.3) is 0 Å². The Morgan fingerprint density at radius 1 is 0.510 bits per heavy atom. The summed E-state index contributed by atoms with van der Waals surface area (Å²) in [6.07, 6.45) is 10.1. The van der Waals surface area contributed by atoms with Crippen LogP contribution < -0.4 is 5.73 Å². The largest absolute Gasteiger partial charge is 0.382 e. The zero-order chi connectivity index (χ0) is 35.7. The Labute approximate surface area is 297 Å². The molecule has 0 amide bonds. The van der Waals surface area contributed by atoms with Crippen molar-refractivity contribution in [3.8, 4) is 0 Å². The summed E-state index contributed by atoms with van der Waals surface area (Å²) in [5.41, 5.74) is 8.97. The Balaban J connectivity index is 0.000000403. The highest BCUT2D eigenvalue weighted by atomic mass is 32.2. The number of rotatable bonds is 25. The molecule has 0 fully saturated rings. The van der Waals surface area contributed by atoms with Gasteiger partial charge in [0.2, 0.25) is 0 Å². The van der Waals surface area contributed by atoms with E-state index in [4.69, 9.17) is 28.9 Å². The number of hydrogen-bond donors (Lipinski definition) is 1. The molecule has 0 heterocycles. The fourth-order valence-electron chi connectivity index (χ4n) is 4.43. The summed E-state index contributed by atoms with van der Waals surface area (Å²) < 4.78 is 50.2. The number of aryl methyl sites for hydroxylation is 2. The van der Waals surface area contributed by atoms with Crippen molar-refractivity contribution in [1.82, 2.24) is 0 Å². The van der Waals surface area contributed by atoms with Gasteiger partial charge in [-0.15, -0.1) is 0 Å². The zero-order valence-electron chi connectivity index (χ0n) is 30.4. The average Bonchev–Trinajstić information content (AvgIpc) is 3.13. The molecule has 49 heavy (non-hydrogen) atoms. The van der Waals surface area contributed by atoms with Crippen LogP contribution in [0.1, 0.15) is 81.9 Å².